The van der Waals surface area contributed by atoms with E-state index >= 15 is 0 Å². The van der Waals surface area contributed by atoms with Crippen molar-refractivity contribution >= 4 is 11.9 Å². The van der Waals surface area contributed by atoms with Crippen molar-refractivity contribution in [1.82, 2.24) is 0 Å². The quantitative estimate of drug-likeness (QED) is 0.301. The zero-order valence-electron chi connectivity index (χ0n) is 24.8. The van der Waals surface area contributed by atoms with Gasteiger partial charge in [0.05, 0.1) is 25.0 Å². The first-order chi connectivity index (χ1) is 15.0. The number of aliphatic hydroxyl groups excluding tert-OH is 1. The maximum Gasteiger partial charge on any atom is 0.310 e. The minimum atomic E-state index is -0.943. The van der Waals surface area contributed by atoms with Gasteiger partial charge in [-0.25, -0.2) is 0 Å². The van der Waals surface area contributed by atoms with Crippen LogP contribution in [0, 0.1) is 39.4 Å². The third kappa shape index (κ3) is 10.3. The van der Waals surface area contributed by atoms with Crippen LogP contribution in [0.3, 0.4) is 0 Å². The lowest BCUT2D eigenvalue weighted by Gasteiger charge is -2.50. The number of aliphatic hydroxyl groups is 1. The Kier molecular flexibility index (Phi) is 11.4. The third-order valence-electron chi connectivity index (χ3n) is 7.46. The van der Waals surface area contributed by atoms with E-state index in [-0.39, 0.29) is 40.7 Å². The molecule has 0 aliphatic heterocycles. The van der Waals surface area contributed by atoms with Gasteiger partial charge in [0.1, 0.15) is 5.60 Å². The molecule has 0 rings (SSSR count). The first-order valence-electron chi connectivity index (χ1n) is 13.0. The number of esters is 2. The number of ether oxygens (including phenoxy) is 2. The van der Waals surface area contributed by atoms with Crippen LogP contribution in [0.2, 0.25) is 0 Å². The van der Waals surface area contributed by atoms with Crippen molar-refractivity contribution in [3.8, 4) is 0 Å². The van der Waals surface area contributed by atoms with Gasteiger partial charge in [-0.1, -0.05) is 83.1 Å². The molecule has 0 aromatic carbocycles. The Bertz CT molecular complexity index is 659. The molecule has 1 N–H and O–H groups in total. The molecule has 0 bridgehead atoms. The van der Waals surface area contributed by atoms with Crippen molar-refractivity contribution in [2.24, 2.45) is 39.4 Å². The van der Waals surface area contributed by atoms with Crippen LogP contribution in [-0.4, -0.2) is 35.9 Å². The molecule has 34 heavy (non-hydrogen) atoms. The highest BCUT2D eigenvalue weighted by atomic mass is 16.6. The molecular weight excluding hydrogens is 428 g/mol. The highest BCUT2D eigenvalue weighted by molar-refractivity contribution is 5.75. The van der Waals surface area contributed by atoms with Gasteiger partial charge in [-0.15, -0.1) is 0 Å². The molecular formula is C29H56O5. The van der Waals surface area contributed by atoms with Crippen LogP contribution in [0.15, 0.2) is 0 Å². The highest BCUT2D eigenvalue weighted by Crippen LogP contribution is 2.53. The third-order valence-corrected chi connectivity index (χ3v) is 7.46. The Morgan fingerprint density at radius 1 is 0.765 bits per heavy atom. The Morgan fingerprint density at radius 3 is 1.65 bits per heavy atom. The molecule has 5 heteroatoms. The Hall–Kier alpha value is -1.10. The van der Waals surface area contributed by atoms with E-state index in [9.17, 15) is 14.7 Å². The minimum Gasteiger partial charge on any atom is -0.465 e. The van der Waals surface area contributed by atoms with E-state index in [1.165, 1.54) is 0 Å². The molecule has 2 atom stereocenters. The molecule has 202 valence electrons. The summed E-state index contributed by atoms with van der Waals surface area (Å²) in [6, 6.07) is 0. The van der Waals surface area contributed by atoms with Crippen molar-refractivity contribution in [2.45, 2.75) is 122 Å². The maximum absolute atomic E-state index is 13.5. The Balaban J connectivity index is 6.10. The lowest BCUT2D eigenvalue weighted by Crippen LogP contribution is -2.49. The van der Waals surface area contributed by atoms with Gasteiger partial charge in [0.25, 0.3) is 0 Å². The molecule has 0 aliphatic rings. The summed E-state index contributed by atoms with van der Waals surface area (Å²) < 4.78 is 11.5. The molecule has 0 fully saturated rings. The SMILES string of the molecule is CC(C)CCOC(=O)C(CC(C)(C)C(C)(C)C(CC(C)(C)C)C(=O)OC(C)(C)CO)C(C)(C)C. The lowest BCUT2D eigenvalue weighted by atomic mass is 9.54. The second-order valence-electron chi connectivity index (χ2n) is 14.7. The Labute approximate surface area is 210 Å². The van der Waals surface area contributed by atoms with E-state index in [2.05, 4.69) is 83.1 Å². The molecule has 2 unspecified atom stereocenters. The zero-order valence-corrected chi connectivity index (χ0v) is 24.8. The second-order valence-corrected chi connectivity index (χ2v) is 14.7. The average Bonchev–Trinajstić information content (AvgIpc) is 2.61. The van der Waals surface area contributed by atoms with E-state index in [0.29, 0.717) is 25.4 Å². The summed E-state index contributed by atoms with van der Waals surface area (Å²) >= 11 is 0. The highest BCUT2D eigenvalue weighted by Gasteiger charge is 2.51. The summed E-state index contributed by atoms with van der Waals surface area (Å²) in [5.74, 6) is -0.670. The van der Waals surface area contributed by atoms with Crippen LogP contribution in [0.25, 0.3) is 0 Å². The van der Waals surface area contributed by atoms with Gasteiger partial charge < -0.3 is 14.6 Å². The number of hydrogen-bond donors (Lipinski definition) is 1. The lowest BCUT2D eigenvalue weighted by molar-refractivity contribution is -0.176. The molecule has 0 spiro atoms. The maximum atomic E-state index is 13.5. The molecule has 0 aromatic rings. The molecule has 0 saturated carbocycles. The predicted molar refractivity (Wildman–Crippen MR) is 140 cm³/mol. The number of rotatable bonds is 12. The zero-order chi connectivity index (χ0) is 27.3. The number of carbonyl (C=O) groups is 2. The molecule has 0 amide bonds. The largest absolute Gasteiger partial charge is 0.465 e. The van der Waals surface area contributed by atoms with E-state index < -0.39 is 16.9 Å². The van der Waals surface area contributed by atoms with Gasteiger partial charge in [-0.3, -0.25) is 9.59 Å². The molecule has 0 heterocycles. The fourth-order valence-electron chi connectivity index (χ4n) is 4.11. The molecule has 0 radical (unpaired) electrons. The fourth-order valence-corrected chi connectivity index (χ4v) is 4.11. The van der Waals surface area contributed by atoms with Crippen LogP contribution in [-0.2, 0) is 19.1 Å². The number of hydrogen-bond acceptors (Lipinski definition) is 5. The van der Waals surface area contributed by atoms with Crippen molar-refractivity contribution in [3.05, 3.63) is 0 Å². The van der Waals surface area contributed by atoms with Gasteiger partial charge in [0.15, 0.2) is 0 Å². The molecule has 5 nitrogen and oxygen atoms in total. The van der Waals surface area contributed by atoms with E-state index in [1.807, 2.05) is 0 Å². The average molecular weight is 485 g/mol. The monoisotopic (exact) mass is 484 g/mol. The van der Waals surface area contributed by atoms with Gasteiger partial charge >= 0.3 is 11.9 Å². The van der Waals surface area contributed by atoms with E-state index in [4.69, 9.17) is 9.47 Å². The summed E-state index contributed by atoms with van der Waals surface area (Å²) in [5.41, 5.74) is -2.17. The van der Waals surface area contributed by atoms with Crippen LogP contribution < -0.4 is 0 Å². The summed E-state index contributed by atoms with van der Waals surface area (Å²) in [7, 11) is 0. The minimum absolute atomic E-state index is 0.0976. The van der Waals surface area contributed by atoms with Gasteiger partial charge in [-0.2, -0.15) is 0 Å². The Morgan fingerprint density at radius 2 is 1.26 bits per heavy atom. The fraction of sp³-hybridized carbons (Fsp3) is 0.931. The van der Waals surface area contributed by atoms with Crippen LogP contribution in [0.4, 0.5) is 0 Å². The van der Waals surface area contributed by atoms with Crippen LogP contribution >= 0.6 is 0 Å². The first kappa shape index (κ1) is 32.9. The van der Waals surface area contributed by atoms with Crippen molar-refractivity contribution < 1.29 is 24.2 Å². The van der Waals surface area contributed by atoms with Crippen LogP contribution in [0.5, 0.6) is 0 Å². The smallest absolute Gasteiger partial charge is 0.310 e. The van der Waals surface area contributed by atoms with Gasteiger partial charge in [-0.05, 0) is 60.7 Å². The normalized spacial score (nSPS) is 15.8. The van der Waals surface area contributed by atoms with Crippen molar-refractivity contribution in [2.75, 3.05) is 13.2 Å². The first-order valence-corrected chi connectivity index (χ1v) is 13.0. The standard InChI is InChI=1S/C29H56O5/c1-20(2)15-16-33-23(31)21(26(6,7)8)18-27(9,10)29(13,14)22(17-25(3,4)5)24(32)34-28(11,12)19-30/h20-22,30H,15-19H2,1-14H3. The van der Waals surface area contributed by atoms with Gasteiger partial charge in [0, 0.05) is 0 Å². The summed E-state index contributed by atoms with van der Waals surface area (Å²) in [6.45, 7) is 29.0. The van der Waals surface area contributed by atoms with Crippen molar-refractivity contribution in [3.63, 3.8) is 0 Å². The van der Waals surface area contributed by atoms with Gasteiger partial charge in [0.2, 0.25) is 0 Å². The molecule has 0 saturated heterocycles. The number of carbonyl (C=O) groups excluding carboxylic acids is 2. The summed E-state index contributed by atoms with van der Waals surface area (Å²) in [5, 5.41) is 9.67. The summed E-state index contributed by atoms with van der Waals surface area (Å²) in [4.78, 5) is 26.7. The molecule has 0 aliphatic carbocycles. The van der Waals surface area contributed by atoms with Crippen molar-refractivity contribution in [1.29, 1.82) is 0 Å². The topological polar surface area (TPSA) is 72.8 Å². The van der Waals surface area contributed by atoms with E-state index in [0.717, 1.165) is 6.42 Å². The molecule has 0 aromatic heterocycles. The second kappa shape index (κ2) is 11.8. The predicted octanol–water partition coefficient (Wildman–Crippen LogP) is 7.05. The summed E-state index contributed by atoms with van der Waals surface area (Å²) in [6.07, 6.45) is 2.09. The van der Waals surface area contributed by atoms with E-state index in [1.54, 1.807) is 13.8 Å². The van der Waals surface area contributed by atoms with Crippen LogP contribution in [0.1, 0.15) is 116 Å².